The van der Waals surface area contributed by atoms with E-state index in [4.69, 9.17) is 21.6 Å². The van der Waals surface area contributed by atoms with Crippen molar-refractivity contribution in [1.82, 2.24) is 0 Å². The standard InChI is InChI=1S/C16H12BrClN2O/c17-13-6-11-3-4-21-16(11)12(7-13)9-20-15-5-10(8-19)1-2-14(15)18/h1-2,5-7,20H,3-4,9H2. The molecule has 2 aromatic rings. The summed E-state index contributed by atoms with van der Waals surface area (Å²) >= 11 is 9.68. The fourth-order valence-corrected chi connectivity index (χ4v) is 3.14. The molecule has 0 aromatic heterocycles. The van der Waals surface area contributed by atoms with Crippen LogP contribution in [0.1, 0.15) is 16.7 Å². The smallest absolute Gasteiger partial charge is 0.127 e. The Morgan fingerprint density at radius 1 is 1.33 bits per heavy atom. The summed E-state index contributed by atoms with van der Waals surface area (Å²) in [5.41, 5.74) is 3.63. The second-order valence-electron chi connectivity index (χ2n) is 4.81. The molecule has 3 rings (SSSR count). The molecule has 0 bridgehead atoms. The van der Waals surface area contributed by atoms with Crippen LogP contribution in [0.3, 0.4) is 0 Å². The molecule has 0 unspecified atom stereocenters. The van der Waals surface area contributed by atoms with Crippen LogP contribution in [0, 0.1) is 11.3 Å². The maximum atomic E-state index is 8.95. The van der Waals surface area contributed by atoms with Gasteiger partial charge in [-0.25, -0.2) is 0 Å². The maximum absolute atomic E-state index is 8.95. The van der Waals surface area contributed by atoms with Crippen molar-refractivity contribution in [3.63, 3.8) is 0 Å². The molecule has 0 atom stereocenters. The number of halogens is 2. The molecular formula is C16H12BrClN2O. The van der Waals surface area contributed by atoms with Crippen molar-refractivity contribution in [2.45, 2.75) is 13.0 Å². The van der Waals surface area contributed by atoms with E-state index in [0.717, 1.165) is 34.5 Å². The van der Waals surface area contributed by atoms with Crippen LogP contribution in [-0.4, -0.2) is 6.61 Å². The van der Waals surface area contributed by atoms with Crippen LogP contribution in [0.2, 0.25) is 5.02 Å². The molecule has 1 aliphatic rings. The SMILES string of the molecule is N#Cc1ccc(Cl)c(NCc2cc(Br)cc3c2OCC3)c1. The summed E-state index contributed by atoms with van der Waals surface area (Å²) < 4.78 is 6.74. The van der Waals surface area contributed by atoms with E-state index < -0.39 is 0 Å². The highest BCUT2D eigenvalue weighted by Crippen LogP contribution is 2.34. The highest BCUT2D eigenvalue weighted by Gasteiger charge is 2.17. The van der Waals surface area contributed by atoms with Gasteiger partial charge < -0.3 is 10.1 Å². The van der Waals surface area contributed by atoms with Crippen LogP contribution in [-0.2, 0) is 13.0 Å². The molecule has 0 saturated heterocycles. The zero-order valence-electron chi connectivity index (χ0n) is 11.1. The number of nitrogens with zero attached hydrogens (tertiary/aromatic N) is 1. The third-order valence-electron chi connectivity index (χ3n) is 3.39. The normalized spacial score (nSPS) is 12.4. The third kappa shape index (κ3) is 2.99. The Bertz CT molecular complexity index is 740. The number of benzene rings is 2. The maximum Gasteiger partial charge on any atom is 0.127 e. The summed E-state index contributed by atoms with van der Waals surface area (Å²) in [6, 6.07) is 11.4. The number of ether oxygens (including phenoxy) is 1. The van der Waals surface area contributed by atoms with E-state index in [-0.39, 0.29) is 0 Å². The number of nitriles is 1. The molecule has 0 amide bonds. The predicted molar refractivity (Wildman–Crippen MR) is 86.8 cm³/mol. The topological polar surface area (TPSA) is 45.0 Å². The second-order valence-corrected chi connectivity index (χ2v) is 6.13. The largest absolute Gasteiger partial charge is 0.493 e. The number of fused-ring (bicyclic) bond motifs is 1. The number of hydrogen-bond donors (Lipinski definition) is 1. The second kappa shape index (κ2) is 5.97. The van der Waals surface area contributed by atoms with Crippen LogP contribution in [0.25, 0.3) is 0 Å². The molecule has 106 valence electrons. The zero-order valence-corrected chi connectivity index (χ0v) is 13.5. The molecule has 0 saturated carbocycles. The summed E-state index contributed by atoms with van der Waals surface area (Å²) in [7, 11) is 0. The van der Waals surface area contributed by atoms with E-state index in [2.05, 4.69) is 33.4 Å². The Hall–Kier alpha value is -1.70. The van der Waals surface area contributed by atoms with Gasteiger partial charge in [-0.1, -0.05) is 27.5 Å². The molecular weight excluding hydrogens is 352 g/mol. The number of rotatable bonds is 3. The molecule has 5 heteroatoms. The number of anilines is 1. The molecule has 0 fully saturated rings. The Morgan fingerprint density at radius 2 is 2.19 bits per heavy atom. The zero-order chi connectivity index (χ0) is 14.8. The van der Waals surface area contributed by atoms with Gasteiger partial charge in [0.25, 0.3) is 0 Å². The van der Waals surface area contributed by atoms with Crippen LogP contribution >= 0.6 is 27.5 Å². The van der Waals surface area contributed by atoms with Gasteiger partial charge in [0, 0.05) is 23.0 Å². The Kier molecular flexibility index (Phi) is 4.05. The average molecular weight is 364 g/mol. The molecule has 1 N–H and O–H groups in total. The third-order valence-corrected chi connectivity index (χ3v) is 4.18. The van der Waals surface area contributed by atoms with Gasteiger partial charge in [-0.15, -0.1) is 0 Å². The number of hydrogen-bond acceptors (Lipinski definition) is 3. The van der Waals surface area contributed by atoms with Crippen molar-refractivity contribution in [2.24, 2.45) is 0 Å². The molecule has 21 heavy (non-hydrogen) atoms. The van der Waals surface area contributed by atoms with Gasteiger partial charge in [0.15, 0.2) is 0 Å². The van der Waals surface area contributed by atoms with E-state index in [1.165, 1.54) is 5.56 Å². The van der Waals surface area contributed by atoms with Gasteiger partial charge in [0.2, 0.25) is 0 Å². The first kappa shape index (κ1) is 14.2. The van der Waals surface area contributed by atoms with E-state index in [1.54, 1.807) is 18.2 Å². The quantitative estimate of drug-likeness (QED) is 0.872. The molecule has 0 aliphatic carbocycles. The fourth-order valence-electron chi connectivity index (χ4n) is 2.40. The van der Waals surface area contributed by atoms with Crippen molar-refractivity contribution in [3.8, 4) is 11.8 Å². The van der Waals surface area contributed by atoms with E-state index in [0.29, 0.717) is 17.1 Å². The lowest BCUT2D eigenvalue weighted by molar-refractivity contribution is 0.354. The van der Waals surface area contributed by atoms with Gasteiger partial charge in [-0.3, -0.25) is 0 Å². The Morgan fingerprint density at radius 3 is 3.00 bits per heavy atom. The first-order valence-corrected chi connectivity index (χ1v) is 7.72. The van der Waals surface area contributed by atoms with Crippen LogP contribution in [0.15, 0.2) is 34.8 Å². The van der Waals surface area contributed by atoms with Crippen molar-refractivity contribution < 1.29 is 4.74 Å². The molecule has 0 radical (unpaired) electrons. The molecule has 2 aromatic carbocycles. The van der Waals surface area contributed by atoms with Gasteiger partial charge in [0.05, 0.1) is 28.9 Å². The summed E-state index contributed by atoms with van der Waals surface area (Å²) in [6.45, 7) is 1.32. The van der Waals surface area contributed by atoms with Crippen molar-refractivity contribution in [2.75, 3.05) is 11.9 Å². The minimum Gasteiger partial charge on any atom is -0.493 e. The number of nitrogens with one attached hydrogen (secondary N) is 1. The summed E-state index contributed by atoms with van der Waals surface area (Å²) in [6.07, 6.45) is 0.937. The minimum atomic E-state index is 0.581. The highest BCUT2D eigenvalue weighted by atomic mass is 79.9. The molecule has 1 heterocycles. The molecule has 0 spiro atoms. The minimum absolute atomic E-state index is 0.581. The van der Waals surface area contributed by atoms with Crippen molar-refractivity contribution in [1.29, 1.82) is 5.26 Å². The summed E-state index contributed by atoms with van der Waals surface area (Å²) in [4.78, 5) is 0. The van der Waals surface area contributed by atoms with Gasteiger partial charge >= 0.3 is 0 Å². The fraction of sp³-hybridized carbons (Fsp3) is 0.188. The monoisotopic (exact) mass is 362 g/mol. The first-order valence-electron chi connectivity index (χ1n) is 6.55. The van der Waals surface area contributed by atoms with Crippen molar-refractivity contribution >= 4 is 33.2 Å². The van der Waals surface area contributed by atoms with Gasteiger partial charge in [-0.05, 0) is 35.9 Å². The summed E-state index contributed by atoms with van der Waals surface area (Å²) in [5.74, 6) is 0.957. The van der Waals surface area contributed by atoms with Gasteiger partial charge in [0.1, 0.15) is 5.75 Å². The average Bonchev–Trinajstić information content (AvgIpc) is 2.94. The van der Waals surface area contributed by atoms with E-state index in [1.807, 2.05) is 6.07 Å². The first-order chi connectivity index (χ1) is 10.2. The van der Waals surface area contributed by atoms with Crippen LogP contribution < -0.4 is 10.1 Å². The Labute approximate surface area is 136 Å². The molecule has 3 nitrogen and oxygen atoms in total. The van der Waals surface area contributed by atoms with Crippen molar-refractivity contribution in [3.05, 3.63) is 56.5 Å². The summed E-state index contributed by atoms with van der Waals surface area (Å²) in [5, 5.41) is 12.8. The lowest BCUT2D eigenvalue weighted by Crippen LogP contribution is -2.02. The Balaban J connectivity index is 1.85. The van der Waals surface area contributed by atoms with E-state index in [9.17, 15) is 0 Å². The lowest BCUT2D eigenvalue weighted by Gasteiger charge is -2.12. The molecule has 1 aliphatic heterocycles. The van der Waals surface area contributed by atoms with Crippen LogP contribution in [0.5, 0.6) is 5.75 Å². The highest BCUT2D eigenvalue weighted by molar-refractivity contribution is 9.10. The predicted octanol–water partition coefficient (Wildman–Crippen LogP) is 4.52. The van der Waals surface area contributed by atoms with Crippen LogP contribution in [0.4, 0.5) is 5.69 Å². The van der Waals surface area contributed by atoms with Gasteiger partial charge in [-0.2, -0.15) is 5.26 Å². The van der Waals surface area contributed by atoms with E-state index >= 15 is 0 Å². The lowest BCUT2D eigenvalue weighted by atomic mass is 10.1.